The fourth-order valence-electron chi connectivity index (χ4n) is 2.05. The summed E-state index contributed by atoms with van der Waals surface area (Å²) in [5.74, 6) is 0.562. The van der Waals surface area contributed by atoms with Gasteiger partial charge >= 0.3 is 0 Å². The number of hydrogen-bond acceptors (Lipinski definition) is 3. The molecule has 0 aromatic rings. The zero-order valence-corrected chi connectivity index (χ0v) is 9.49. The zero-order chi connectivity index (χ0) is 10.6. The summed E-state index contributed by atoms with van der Waals surface area (Å²) in [4.78, 5) is 0. The minimum Gasteiger partial charge on any atom is -0.396 e. The van der Waals surface area contributed by atoms with Gasteiger partial charge in [-0.15, -0.1) is 0 Å². The molecular formula is C11H23NO2. The largest absolute Gasteiger partial charge is 0.396 e. The molecule has 1 aliphatic heterocycles. The monoisotopic (exact) mass is 201 g/mol. The quantitative estimate of drug-likeness (QED) is 0.717. The average Bonchev–Trinajstić information content (AvgIpc) is 2.17. The van der Waals surface area contributed by atoms with Crippen LogP contribution >= 0.6 is 0 Å². The second-order valence-electron chi connectivity index (χ2n) is 4.51. The highest BCUT2D eigenvalue weighted by Crippen LogP contribution is 2.25. The number of aliphatic hydroxyl groups excluding tert-OH is 1. The van der Waals surface area contributed by atoms with Gasteiger partial charge in [-0.2, -0.15) is 0 Å². The predicted molar refractivity (Wildman–Crippen MR) is 57.3 cm³/mol. The molecule has 3 heteroatoms. The van der Waals surface area contributed by atoms with E-state index in [-0.39, 0.29) is 12.7 Å². The van der Waals surface area contributed by atoms with Gasteiger partial charge in [0.1, 0.15) is 0 Å². The minimum atomic E-state index is 0.228. The van der Waals surface area contributed by atoms with Crippen LogP contribution in [0, 0.1) is 5.92 Å². The van der Waals surface area contributed by atoms with Gasteiger partial charge in [0.2, 0.25) is 0 Å². The molecule has 1 rings (SSSR count). The predicted octanol–water partition coefficient (Wildman–Crippen LogP) is 1.16. The summed E-state index contributed by atoms with van der Waals surface area (Å²) in [6.45, 7) is 4.61. The lowest BCUT2D eigenvalue weighted by molar-refractivity contribution is -0.0874. The molecule has 1 fully saturated rings. The van der Waals surface area contributed by atoms with Gasteiger partial charge in [0.15, 0.2) is 0 Å². The Hall–Kier alpha value is -0.120. The molecule has 0 aliphatic carbocycles. The van der Waals surface area contributed by atoms with E-state index in [4.69, 9.17) is 9.84 Å². The van der Waals surface area contributed by atoms with E-state index < -0.39 is 0 Å². The maximum absolute atomic E-state index is 8.90. The van der Waals surface area contributed by atoms with Crippen LogP contribution < -0.4 is 5.32 Å². The molecule has 0 aromatic heterocycles. The summed E-state index contributed by atoms with van der Waals surface area (Å²) in [5, 5.41) is 12.2. The van der Waals surface area contributed by atoms with Crippen molar-refractivity contribution in [3.8, 4) is 0 Å². The van der Waals surface area contributed by atoms with Crippen molar-refractivity contribution in [2.24, 2.45) is 5.92 Å². The summed E-state index contributed by atoms with van der Waals surface area (Å²) in [7, 11) is 2.00. The highest BCUT2D eigenvalue weighted by Gasteiger charge is 2.29. The van der Waals surface area contributed by atoms with Crippen LogP contribution in [0.5, 0.6) is 0 Å². The van der Waals surface area contributed by atoms with E-state index in [1.807, 2.05) is 7.05 Å². The van der Waals surface area contributed by atoms with Crippen LogP contribution in [-0.2, 0) is 4.74 Å². The SMILES string of the molecule is CN[C@@H]1CC(C(C)C)O[C@H](CCO)C1. The Balaban J connectivity index is 2.47. The van der Waals surface area contributed by atoms with Crippen LogP contribution in [0.2, 0.25) is 0 Å². The molecule has 0 saturated carbocycles. The molecule has 3 nitrogen and oxygen atoms in total. The molecule has 0 spiro atoms. The van der Waals surface area contributed by atoms with Gasteiger partial charge in [0.05, 0.1) is 12.2 Å². The van der Waals surface area contributed by atoms with Crippen molar-refractivity contribution in [2.45, 2.75) is 51.4 Å². The van der Waals surface area contributed by atoms with Crippen LogP contribution in [-0.4, -0.2) is 37.0 Å². The van der Waals surface area contributed by atoms with Gasteiger partial charge in [0.25, 0.3) is 0 Å². The number of rotatable bonds is 4. The second-order valence-corrected chi connectivity index (χ2v) is 4.51. The second kappa shape index (κ2) is 5.69. The van der Waals surface area contributed by atoms with Crippen LogP contribution in [0.4, 0.5) is 0 Å². The molecule has 0 bridgehead atoms. The molecule has 2 N–H and O–H groups in total. The molecule has 0 radical (unpaired) electrons. The van der Waals surface area contributed by atoms with Crippen molar-refractivity contribution < 1.29 is 9.84 Å². The number of hydrogen-bond donors (Lipinski definition) is 2. The number of aliphatic hydroxyl groups is 1. The summed E-state index contributed by atoms with van der Waals surface area (Å²) < 4.78 is 5.92. The maximum Gasteiger partial charge on any atom is 0.0616 e. The van der Waals surface area contributed by atoms with Crippen LogP contribution in [0.25, 0.3) is 0 Å². The van der Waals surface area contributed by atoms with Gasteiger partial charge in [-0.1, -0.05) is 13.8 Å². The highest BCUT2D eigenvalue weighted by atomic mass is 16.5. The van der Waals surface area contributed by atoms with E-state index in [1.54, 1.807) is 0 Å². The standard InChI is InChI=1S/C11H23NO2/c1-8(2)11-7-9(12-3)6-10(14-11)4-5-13/h8-13H,4-7H2,1-3H3/t9-,10+,11?/m0/s1. The minimum absolute atomic E-state index is 0.228. The molecule has 1 aliphatic rings. The lowest BCUT2D eigenvalue weighted by Gasteiger charge is -2.37. The van der Waals surface area contributed by atoms with E-state index in [0.29, 0.717) is 18.1 Å². The molecule has 0 amide bonds. The Bertz CT molecular complexity index is 161. The fourth-order valence-corrected chi connectivity index (χ4v) is 2.05. The lowest BCUT2D eigenvalue weighted by atomic mass is 9.91. The summed E-state index contributed by atoms with van der Waals surface area (Å²) in [6.07, 6.45) is 3.47. The molecule has 1 heterocycles. The third kappa shape index (κ3) is 3.23. The molecule has 84 valence electrons. The topological polar surface area (TPSA) is 41.5 Å². The fraction of sp³-hybridized carbons (Fsp3) is 1.00. The Labute approximate surface area is 86.8 Å². The van der Waals surface area contributed by atoms with Gasteiger partial charge in [0, 0.05) is 12.6 Å². The molecule has 3 atom stereocenters. The van der Waals surface area contributed by atoms with Crippen molar-refractivity contribution in [3.63, 3.8) is 0 Å². The van der Waals surface area contributed by atoms with E-state index in [0.717, 1.165) is 19.3 Å². The molecule has 1 unspecified atom stereocenters. The number of nitrogens with one attached hydrogen (secondary N) is 1. The van der Waals surface area contributed by atoms with Crippen molar-refractivity contribution in [1.29, 1.82) is 0 Å². The Morgan fingerprint density at radius 1 is 1.43 bits per heavy atom. The lowest BCUT2D eigenvalue weighted by Crippen LogP contribution is -2.43. The van der Waals surface area contributed by atoms with Gasteiger partial charge in [-0.05, 0) is 32.2 Å². The van der Waals surface area contributed by atoms with E-state index in [9.17, 15) is 0 Å². The molecular weight excluding hydrogens is 178 g/mol. The van der Waals surface area contributed by atoms with Crippen LogP contribution in [0.15, 0.2) is 0 Å². The van der Waals surface area contributed by atoms with Crippen molar-refractivity contribution in [2.75, 3.05) is 13.7 Å². The number of ether oxygens (including phenoxy) is 1. The summed E-state index contributed by atoms with van der Waals surface area (Å²) in [6, 6.07) is 0.549. The summed E-state index contributed by atoms with van der Waals surface area (Å²) in [5.41, 5.74) is 0. The van der Waals surface area contributed by atoms with Crippen LogP contribution in [0.3, 0.4) is 0 Å². The Morgan fingerprint density at radius 3 is 2.64 bits per heavy atom. The van der Waals surface area contributed by atoms with Gasteiger partial charge in [-0.25, -0.2) is 0 Å². The highest BCUT2D eigenvalue weighted by molar-refractivity contribution is 4.82. The van der Waals surface area contributed by atoms with Crippen molar-refractivity contribution in [3.05, 3.63) is 0 Å². The first kappa shape index (κ1) is 12.0. The molecule has 0 aromatic carbocycles. The first-order valence-corrected chi connectivity index (χ1v) is 5.61. The Morgan fingerprint density at radius 2 is 2.14 bits per heavy atom. The third-order valence-electron chi connectivity index (χ3n) is 3.03. The smallest absolute Gasteiger partial charge is 0.0616 e. The van der Waals surface area contributed by atoms with Gasteiger partial charge < -0.3 is 15.2 Å². The van der Waals surface area contributed by atoms with Crippen molar-refractivity contribution >= 4 is 0 Å². The van der Waals surface area contributed by atoms with Gasteiger partial charge in [-0.3, -0.25) is 0 Å². The Kier molecular flexibility index (Phi) is 4.85. The average molecular weight is 201 g/mol. The normalized spacial score (nSPS) is 33.6. The zero-order valence-electron chi connectivity index (χ0n) is 9.49. The van der Waals surface area contributed by atoms with E-state index in [2.05, 4.69) is 19.2 Å². The first-order chi connectivity index (χ1) is 6.67. The van der Waals surface area contributed by atoms with E-state index >= 15 is 0 Å². The van der Waals surface area contributed by atoms with E-state index in [1.165, 1.54) is 0 Å². The molecule has 14 heavy (non-hydrogen) atoms. The summed E-state index contributed by atoms with van der Waals surface area (Å²) >= 11 is 0. The maximum atomic E-state index is 8.90. The molecule has 1 saturated heterocycles. The first-order valence-electron chi connectivity index (χ1n) is 5.61. The third-order valence-corrected chi connectivity index (χ3v) is 3.03. The van der Waals surface area contributed by atoms with Crippen molar-refractivity contribution in [1.82, 2.24) is 5.32 Å². The van der Waals surface area contributed by atoms with Crippen LogP contribution in [0.1, 0.15) is 33.1 Å².